The van der Waals surface area contributed by atoms with Crippen molar-refractivity contribution in [3.63, 3.8) is 0 Å². The van der Waals surface area contributed by atoms with Gasteiger partial charge in [-0.1, -0.05) is 0 Å². The number of hydrogen-bond donors (Lipinski definition) is 1. The van der Waals surface area contributed by atoms with Gasteiger partial charge in [0.2, 0.25) is 5.82 Å². The van der Waals surface area contributed by atoms with E-state index in [0.29, 0.717) is 0 Å². The number of benzene rings is 2. The Hall–Kier alpha value is -2.22. The van der Waals surface area contributed by atoms with Crippen molar-refractivity contribution in [2.45, 2.75) is 6.92 Å². The Kier molecular flexibility index (Phi) is 4.92. The molecule has 0 unspecified atom stereocenters. The summed E-state index contributed by atoms with van der Waals surface area (Å²) in [6.07, 6.45) is 0. The van der Waals surface area contributed by atoms with Crippen molar-refractivity contribution in [2.75, 3.05) is 6.61 Å². The second-order valence-corrected chi connectivity index (χ2v) is 4.18. The maximum atomic E-state index is 14.0. The first kappa shape index (κ1) is 16.2. The van der Waals surface area contributed by atoms with Crippen LogP contribution < -0.4 is 9.39 Å². The first-order valence-corrected chi connectivity index (χ1v) is 6.34. The third-order valence-electron chi connectivity index (χ3n) is 2.90. The molecule has 116 valence electrons. The molecule has 0 bridgehead atoms. The van der Waals surface area contributed by atoms with Gasteiger partial charge in [-0.05, 0) is 31.2 Å². The maximum Gasteiger partial charge on any atom is 0.504 e. The summed E-state index contributed by atoms with van der Waals surface area (Å²) in [5.41, 5.74) is -0.921. The van der Waals surface area contributed by atoms with Crippen molar-refractivity contribution in [3.8, 4) is 22.6 Å². The lowest BCUT2D eigenvalue weighted by molar-refractivity contribution is 0.314. The van der Waals surface area contributed by atoms with Crippen molar-refractivity contribution < 1.29 is 32.0 Å². The number of ether oxygens (including phenoxy) is 1. The van der Waals surface area contributed by atoms with Crippen molar-refractivity contribution >= 4 is 7.69 Å². The molecule has 0 aromatic heterocycles. The molecule has 0 aliphatic carbocycles. The van der Waals surface area contributed by atoms with Crippen molar-refractivity contribution in [1.82, 2.24) is 0 Å². The monoisotopic (exact) mass is 314 g/mol. The molecule has 0 aliphatic rings. The predicted molar refractivity (Wildman–Crippen MR) is 72.9 cm³/mol. The van der Waals surface area contributed by atoms with E-state index < -0.39 is 47.8 Å². The third kappa shape index (κ3) is 2.87. The second-order valence-electron chi connectivity index (χ2n) is 4.18. The zero-order valence-electron chi connectivity index (χ0n) is 11.5. The minimum absolute atomic E-state index is 0.131. The first-order valence-electron chi connectivity index (χ1n) is 6.34. The summed E-state index contributed by atoms with van der Waals surface area (Å²) in [5, 5.41) is 8.55. The Morgan fingerprint density at radius 2 is 1.36 bits per heavy atom. The molecule has 0 spiro atoms. The summed E-state index contributed by atoms with van der Waals surface area (Å²) in [5.74, 6) is -6.29. The molecule has 0 amide bonds. The molecule has 0 saturated heterocycles. The van der Waals surface area contributed by atoms with E-state index in [4.69, 9.17) is 9.76 Å². The van der Waals surface area contributed by atoms with Crippen LogP contribution in [0.5, 0.6) is 11.5 Å². The highest BCUT2D eigenvalue weighted by Crippen LogP contribution is 2.34. The fraction of sp³-hybridized carbons (Fsp3) is 0.143. The topological polar surface area (TPSA) is 38.7 Å². The lowest BCUT2D eigenvalue weighted by Gasteiger charge is -2.11. The molecular weight excluding hydrogens is 303 g/mol. The average Bonchev–Trinajstić information content (AvgIpc) is 2.50. The molecule has 2 rings (SSSR count). The SMILES string of the molecule is CCOc1ccc(-c2ccc(OBO)c(F)c2F)c(F)c1F. The Bertz CT molecular complexity index is 635. The van der Waals surface area contributed by atoms with Crippen LogP contribution in [0.25, 0.3) is 11.1 Å². The zero-order valence-corrected chi connectivity index (χ0v) is 11.5. The molecule has 2 aromatic carbocycles. The smallest absolute Gasteiger partial charge is 0.504 e. The lowest BCUT2D eigenvalue weighted by Crippen LogP contribution is -2.04. The summed E-state index contributed by atoms with van der Waals surface area (Å²) < 4.78 is 64.8. The molecule has 0 fully saturated rings. The average molecular weight is 314 g/mol. The Balaban J connectivity index is 2.53. The molecule has 0 heterocycles. The van der Waals surface area contributed by atoms with Crippen LogP contribution in [0.15, 0.2) is 24.3 Å². The number of hydrogen-bond acceptors (Lipinski definition) is 3. The molecule has 0 aliphatic heterocycles. The van der Waals surface area contributed by atoms with Crippen LogP contribution in [0.2, 0.25) is 0 Å². The van der Waals surface area contributed by atoms with E-state index in [1.165, 1.54) is 0 Å². The van der Waals surface area contributed by atoms with Gasteiger partial charge in [0.15, 0.2) is 23.2 Å². The van der Waals surface area contributed by atoms with Gasteiger partial charge >= 0.3 is 7.69 Å². The summed E-state index contributed by atoms with van der Waals surface area (Å²) in [4.78, 5) is 0. The molecule has 2 aromatic rings. The summed E-state index contributed by atoms with van der Waals surface area (Å²) in [6, 6.07) is 4.26. The Morgan fingerprint density at radius 1 is 0.864 bits per heavy atom. The molecule has 0 saturated carbocycles. The van der Waals surface area contributed by atoms with Crippen LogP contribution >= 0.6 is 0 Å². The fourth-order valence-electron chi connectivity index (χ4n) is 1.93. The Morgan fingerprint density at radius 3 is 1.86 bits per heavy atom. The van der Waals surface area contributed by atoms with E-state index in [9.17, 15) is 17.6 Å². The van der Waals surface area contributed by atoms with Crippen LogP contribution in [0, 0.1) is 23.3 Å². The van der Waals surface area contributed by atoms with E-state index >= 15 is 0 Å². The van der Waals surface area contributed by atoms with E-state index in [-0.39, 0.29) is 12.4 Å². The molecule has 0 radical (unpaired) electrons. The Labute approximate surface area is 124 Å². The highest BCUT2D eigenvalue weighted by atomic mass is 19.2. The quantitative estimate of drug-likeness (QED) is 0.681. The highest BCUT2D eigenvalue weighted by molar-refractivity contribution is 6.17. The van der Waals surface area contributed by atoms with Crippen LogP contribution in [0.4, 0.5) is 17.6 Å². The van der Waals surface area contributed by atoms with E-state index in [2.05, 4.69) is 4.65 Å². The van der Waals surface area contributed by atoms with Gasteiger partial charge in [-0.15, -0.1) is 0 Å². The van der Waals surface area contributed by atoms with Gasteiger partial charge in [-0.2, -0.15) is 8.78 Å². The van der Waals surface area contributed by atoms with Gasteiger partial charge in [0.1, 0.15) is 5.75 Å². The largest absolute Gasteiger partial charge is 0.537 e. The molecule has 3 nitrogen and oxygen atoms in total. The van der Waals surface area contributed by atoms with E-state index in [1.54, 1.807) is 6.92 Å². The minimum Gasteiger partial charge on any atom is -0.537 e. The van der Waals surface area contributed by atoms with E-state index in [0.717, 1.165) is 24.3 Å². The number of halogens is 4. The van der Waals surface area contributed by atoms with Crippen molar-refractivity contribution in [2.24, 2.45) is 0 Å². The third-order valence-corrected chi connectivity index (χ3v) is 2.90. The van der Waals surface area contributed by atoms with Gasteiger partial charge in [0.05, 0.1) is 6.61 Å². The summed E-state index contributed by atoms with van der Waals surface area (Å²) in [7, 11) is -0.845. The minimum atomic E-state index is -1.41. The van der Waals surface area contributed by atoms with Crippen LogP contribution in [0.1, 0.15) is 6.92 Å². The van der Waals surface area contributed by atoms with Gasteiger partial charge < -0.3 is 14.4 Å². The summed E-state index contributed by atoms with van der Waals surface area (Å²) in [6.45, 7) is 1.73. The molecular formula is C14H11BF4O3. The normalized spacial score (nSPS) is 10.5. The molecule has 1 N–H and O–H groups in total. The van der Waals surface area contributed by atoms with Gasteiger partial charge in [0.25, 0.3) is 0 Å². The van der Waals surface area contributed by atoms with Gasteiger partial charge in [0, 0.05) is 11.1 Å². The second kappa shape index (κ2) is 6.70. The zero-order chi connectivity index (χ0) is 16.3. The van der Waals surface area contributed by atoms with E-state index in [1.807, 2.05) is 0 Å². The predicted octanol–water partition coefficient (Wildman–Crippen LogP) is 2.95. The van der Waals surface area contributed by atoms with Gasteiger partial charge in [-0.3, -0.25) is 0 Å². The van der Waals surface area contributed by atoms with Crippen LogP contribution in [0.3, 0.4) is 0 Å². The number of rotatable bonds is 5. The molecule has 8 heteroatoms. The van der Waals surface area contributed by atoms with Crippen LogP contribution in [-0.4, -0.2) is 19.3 Å². The fourth-order valence-corrected chi connectivity index (χ4v) is 1.93. The molecule has 22 heavy (non-hydrogen) atoms. The van der Waals surface area contributed by atoms with Crippen molar-refractivity contribution in [1.29, 1.82) is 0 Å². The van der Waals surface area contributed by atoms with Crippen LogP contribution in [-0.2, 0) is 0 Å². The molecule has 0 atom stereocenters. The summed E-state index contributed by atoms with van der Waals surface area (Å²) >= 11 is 0. The first-order chi connectivity index (χ1) is 10.5. The standard InChI is InChI=1S/C14H11BF4O3/c1-2-21-9-5-3-7(11(16)13(9)18)8-4-6-10(22-15-20)14(19)12(8)17/h3-6,15,20H,2H2,1H3. The highest BCUT2D eigenvalue weighted by Gasteiger charge is 2.21. The van der Waals surface area contributed by atoms with Crippen molar-refractivity contribution in [3.05, 3.63) is 47.5 Å². The lowest BCUT2D eigenvalue weighted by atomic mass is 10.0. The van der Waals surface area contributed by atoms with Gasteiger partial charge in [-0.25, -0.2) is 8.78 Å². The maximum absolute atomic E-state index is 14.0.